The first-order valence-corrected chi connectivity index (χ1v) is 16.9. The van der Waals surface area contributed by atoms with Crippen molar-refractivity contribution in [3.8, 4) is 5.75 Å². The molecule has 0 unspecified atom stereocenters. The van der Waals surface area contributed by atoms with Crippen molar-refractivity contribution >= 4 is 34.8 Å². The molecule has 0 aliphatic carbocycles. The Balaban J connectivity index is 0.00000119. The van der Waals surface area contributed by atoms with Gasteiger partial charge in [0.2, 0.25) is 0 Å². The van der Waals surface area contributed by atoms with Crippen LogP contribution >= 0.6 is 11.8 Å². The fourth-order valence-corrected chi connectivity index (χ4v) is 5.86. The van der Waals surface area contributed by atoms with Gasteiger partial charge in [-0.2, -0.15) is 0 Å². The molecule has 0 aliphatic rings. The van der Waals surface area contributed by atoms with Gasteiger partial charge in [-0.25, -0.2) is 4.99 Å². The van der Waals surface area contributed by atoms with Gasteiger partial charge in [0, 0.05) is 58.5 Å². The van der Waals surface area contributed by atoms with Gasteiger partial charge in [-0.3, -0.25) is 9.78 Å². The highest BCUT2D eigenvalue weighted by molar-refractivity contribution is 8.00. The molecular formula is C39H52N4O3S. The predicted molar refractivity (Wildman–Crippen MR) is 200 cm³/mol. The molecule has 0 saturated heterocycles. The minimum atomic E-state index is -0.833. The SMILES string of the molecule is C=C/C=C(N)\N=C/Cc1ccc(Cn2c(CC(C)C)c(SC(C)(C)C)c3cc(OCc4ccccn4)ccc32)cc1.CC.CC(=O)O. The standard InChI is InChI=1S/C35H42N4OS.C2H4O2.C2H6/c1-7-10-33(36)38-20-18-26-12-14-27(15-13-26)23-39-31-17-16-29(40-24-28-11-8-9-19-37-28)22-30(31)34(41-35(4,5)6)32(39)21-25(2)3;1-2(3)4;1-2/h7-17,19-20,22,25H,1,18,21,23-24,36H2,2-6H3;1H3,(H,3,4);1-2H3/b33-10-,38-20-;;. The number of thioether (sulfide) groups is 1. The molecule has 0 radical (unpaired) electrons. The summed E-state index contributed by atoms with van der Waals surface area (Å²) >= 11 is 1.95. The minimum Gasteiger partial charge on any atom is -0.487 e. The molecular weight excluding hydrogens is 605 g/mol. The molecule has 0 bridgehead atoms. The van der Waals surface area contributed by atoms with Gasteiger partial charge < -0.3 is 20.1 Å². The number of ether oxygens (including phenoxy) is 1. The predicted octanol–water partition coefficient (Wildman–Crippen LogP) is 9.47. The van der Waals surface area contributed by atoms with Crippen LogP contribution in [0.1, 0.15) is 77.9 Å². The van der Waals surface area contributed by atoms with Crippen molar-refractivity contribution in [1.29, 1.82) is 0 Å². The van der Waals surface area contributed by atoms with Crippen molar-refractivity contribution in [3.05, 3.63) is 114 Å². The summed E-state index contributed by atoms with van der Waals surface area (Å²) in [5.74, 6) is 1.02. The minimum absolute atomic E-state index is 0.0725. The maximum absolute atomic E-state index is 9.00. The Morgan fingerprint density at radius 3 is 2.34 bits per heavy atom. The largest absolute Gasteiger partial charge is 0.487 e. The average molecular weight is 657 g/mol. The van der Waals surface area contributed by atoms with Gasteiger partial charge in [0.25, 0.3) is 5.97 Å². The molecule has 2 heterocycles. The number of carbonyl (C=O) groups is 1. The monoisotopic (exact) mass is 656 g/mol. The van der Waals surface area contributed by atoms with E-state index in [4.69, 9.17) is 20.4 Å². The highest BCUT2D eigenvalue weighted by Gasteiger charge is 2.24. The molecule has 47 heavy (non-hydrogen) atoms. The quantitative estimate of drug-likeness (QED) is 0.0895. The van der Waals surface area contributed by atoms with Gasteiger partial charge in [-0.1, -0.05) is 91.5 Å². The molecule has 4 aromatic rings. The first kappa shape index (κ1) is 38.9. The first-order chi connectivity index (χ1) is 22.4. The van der Waals surface area contributed by atoms with E-state index in [1.807, 2.05) is 50.0 Å². The lowest BCUT2D eigenvalue weighted by atomic mass is 10.1. The second kappa shape index (κ2) is 19.4. The summed E-state index contributed by atoms with van der Waals surface area (Å²) < 4.78 is 8.78. The van der Waals surface area contributed by atoms with Crippen LogP contribution in [0.5, 0.6) is 5.75 Å². The summed E-state index contributed by atoms with van der Waals surface area (Å²) in [6.07, 6.45) is 8.71. The average Bonchev–Trinajstić information content (AvgIpc) is 3.27. The van der Waals surface area contributed by atoms with E-state index in [1.54, 1.807) is 18.3 Å². The van der Waals surface area contributed by atoms with Crippen LogP contribution in [0.15, 0.2) is 101 Å². The molecule has 7 nitrogen and oxygen atoms in total. The number of nitrogens with zero attached hydrogens (tertiary/aromatic N) is 3. The number of carboxylic acid groups (broad SMARTS) is 1. The zero-order valence-corrected chi connectivity index (χ0v) is 30.1. The molecule has 0 atom stereocenters. The van der Waals surface area contributed by atoms with Crippen LogP contribution < -0.4 is 10.5 Å². The second-order valence-corrected chi connectivity index (χ2v) is 14.0. The van der Waals surface area contributed by atoms with Crippen LogP contribution in [0, 0.1) is 5.92 Å². The molecule has 0 amide bonds. The molecule has 0 spiro atoms. The van der Waals surface area contributed by atoms with E-state index >= 15 is 0 Å². The summed E-state index contributed by atoms with van der Waals surface area (Å²) in [4.78, 5) is 19.0. The number of allylic oxidation sites excluding steroid dienone is 2. The molecule has 0 saturated carbocycles. The van der Waals surface area contributed by atoms with Crippen molar-refractivity contribution in [3.63, 3.8) is 0 Å². The number of pyridine rings is 1. The fourth-order valence-electron chi connectivity index (χ4n) is 4.66. The lowest BCUT2D eigenvalue weighted by molar-refractivity contribution is -0.134. The number of hydrogen-bond acceptors (Lipinski definition) is 6. The van der Waals surface area contributed by atoms with E-state index < -0.39 is 5.97 Å². The van der Waals surface area contributed by atoms with Crippen LogP contribution in [-0.4, -0.2) is 31.6 Å². The fraction of sp³-hybridized carbons (Fsp3) is 0.359. The number of fused-ring (bicyclic) bond motifs is 1. The Morgan fingerprint density at radius 2 is 1.77 bits per heavy atom. The third-order valence-corrected chi connectivity index (χ3v) is 7.71. The van der Waals surface area contributed by atoms with Crippen LogP contribution in [0.4, 0.5) is 0 Å². The molecule has 4 rings (SSSR count). The van der Waals surface area contributed by atoms with Gasteiger partial charge in [0.05, 0.1) is 5.69 Å². The maximum Gasteiger partial charge on any atom is 0.300 e. The number of aliphatic carboxylic acids is 1. The number of nitrogens with two attached hydrogens (primary N) is 1. The van der Waals surface area contributed by atoms with Crippen LogP contribution in [0.2, 0.25) is 0 Å². The van der Waals surface area contributed by atoms with Gasteiger partial charge in [0.15, 0.2) is 0 Å². The van der Waals surface area contributed by atoms with Crippen molar-refractivity contribution in [2.24, 2.45) is 16.6 Å². The number of aliphatic imine (C=N–C) groups is 1. The first-order valence-electron chi connectivity index (χ1n) is 16.1. The van der Waals surface area contributed by atoms with E-state index in [1.165, 1.54) is 32.6 Å². The highest BCUT2D eigenvalue weighted by atomic mass is 32.2. The zero-order chi connectivity index (χ0) is 35.0. The number of rotatable bonds is 12. The molecule has 2 aromatic heterocycles. The van der Waals surface area contributed by atoms with E-state index in [2.05, 4.69) is 98.2 Å². The summed E-state index contributed by atoms with van der Waals surface area (Å²) in [6, 6.07) is 21.2. The lowest BCUT2D eigenvalue weighted by Crippen LogP contribution is -2.11. The second-order valence-electron chi connectivity index (χ2n) is 12.1. The lowest BCUT2D eigenvalue weighted by Gasteiger charge is -2.20. The number of hydrogen-bond donors (Lipinski definition) is 2. The van der Waals surface area contributed by atoms with Gasteiger partial charge in [0.1, 0.15) is 18.2 Å². The van der Waals surface area contributed by atoms with Crippen LogP contribution in [0.25, 0.3) is 10.9 Å². The van der Waals surface area contributed by atoms with E-state index in [9.17, 15) is 0 Å². The van der Waals surface area contributed by atoms with E-state index in [-0.39, 0.29) is 4.75 Å². The van der Waals surface area contributed by atoms with E-state index in [0.717, 1.165) is 37.8 Å². The number of aromatic nitrogens is 2. The molecule has 0 fully saturated rings. The van der Waals surface area contributed by atoms with Crippen molar-refractivity contribution in [1.82, 2.24) is 9.55 Å². The van der Waals surface area contributed by atoms with Gasteiger partial charge in [-0.05, 0) is 59.9 Å². The highest BCUT2D eigenvalue weighted by Crippen LogP contribution is 2.43. The van der Waals surface area contributed by atoms with Crippen LogP contribution in [-0.2, 0) is 30.8 Å². The Labute approximate surface area is 285 Å². The molecule has 8 heteroatoms. The summed E-state index contributed by atoms with van der Waals surface area (Å²) in [6.45, 7) is 21.4. The summed E-state index contributed by atoms with van der Waals surface area (Å²) in [7, 11) is 0. The Kier molecular flexibility index (Phi) is 16.0. The van der Waals surface area contributed by atoms with Crippen molar-refractivity contribution < 1.29 is 14.6 Å². The third kappa shape index (κ3) is 13.5. The molecule has 3 N–H and O–H groups in total. The smallest absolute Gasteiger partial charge is 0.300 e. The Bertz CT molecular complexity index is 1610. The number of benzene rings is 2. The molecule has 2 aromatic carbocycles. The summed E-state index contributed by atoms with van der Waals surface area (Å²) in [5.41, 5.74) is 11.8. The maximum atomic E-state index is 9.00. The zero-order valence-electron chi connectivity index (χ0n) is 29.3. The molecule has 0 aliphatic heterocycles. The number of carboxylic acids is 1. The Morgan fingerprint density at radius 1 is 1.11 bits per heavy atom. The van der Waals surface area contributed by atoms with Crippen molar-refractivity contribution in [2.45, 2.75) is 91.0 Å². The molecule has 252 valence electrons. The topological polar surface area (TPSA) is 103 Å². The van der Waals surface area contributed by atoms with Crippen LogP contribution in [0.3, 0.4) is 0 Å². The third-order valence-electron chi connectivity index (χ3n) is 6.43. The van der Waals surface area contributed by atoms with Crippen molar-refractivity contribution in [2.75, 3.05) is 0 Å². The Hall–Kier alpha value is -4.30. The summed E-state index contributed by atoms with van der Waals surface area (Å²) in [5, 5.41) is 8.66. The van der Waals surface area contributed by atoms with Gasteiger partial charge in [-0.15, -0.1) is 11.8 Å². The normalized spacial score (nSPS) is 11.6. The van der Waals surface area contributed by atoms with Gasteiger partial charge >= 0.3 is 0 Å². The van der Waals surface area contributed by atoms with E-state index in [0.29, 0.717) is 18.3 Å².